The van der Waals surface area contributed by atoms with Crippen LogP contribution in [0.1, 0.15) is 42.5 Å². The molecule has 4 aromatic carbocycles. The first-order valence-electron chi connectivity index (χ1n) is 16.0. The molecule has 0 unspecified atom stereocenters. The molecule has 2 atom stereocenters. The number of sulfonamides is 1. The van der Waals surface area contributed by atoms with Gasteiger partial charge in [0.05, 0.1) is 24.8 Å². The summed E-state index contributed by atoms with van der Waals surface area (Å²) >= 11 is 0. The minimum Gasteiger partial charge on any atom is -0.493 e. The predicted octanol–water partition coefficient (Wildman–Crippen LogP) is 6.07. The van der Waals surface area contributed by atoms with Crippen molar-refractivity contribution < 1.29 is 27.5 Å². The van der Waals surface area contributed by atoms with Gasteiger partial charge in [0.15, 0.2) is 11.5 Å². The molecule has 4 aromatic rings. The maximum atomic E-state index is 14.7. The molecule has 2 amide bonds. The summed E-state index contributed by atoms with van der Waals surface area (Å²) in [5.41, 5.74) is 3.68. The van der Waals surface area contributed by atoms with E-state index in [1.165, 1.54) is 37.3 Å². The van der Waals surface area contributed by atoms with Gasteiger partial charge in [-0.15, -0.1) is 0 Å². The van der Waals surface area contributed by atoms with E-state index < -0.39 is 28.5 Å². The van der Waals surface area contributed by atoms with Crippen molar-refractivity contribution in [3.63, 3.8) is 0 Å². The number of amides is 2. The van der Waals surface area contributed by atoms with Crippen molar-refractivity contribution in [3.05, 3.63) is 119 Å². The number of rotatable bonds is 15. The van der Waals surface area contributed by atoms with E-state index in [2.05, 4.69) is 5.32 Å². The molecule has 0 aliphatic carbocycles. The minimum atomic E-state index is -4.32. The second-order valence-corrected chi connectivity index (χ2v) is 13.8. The van der Waals surface area contributed by atoms with Gasteiger partial charge in [0.25, 0.3) is 10.0 Å². The molecule has 0 aliphatic rings. The number of aryl methyl sites for hydroxylation is 2. The largest absolute Gasteiger partial charge is 0.493 e. The van der Waals surface area contributed by atoms with Crippen LogP contribution in [-0.2, 0) is 32.6 Å². The average Bonchev–Trinajstić information content (AvgIpc) is 3.08. The monoisotopic (exact) mass is 671 g/mol. The van der Waals surface area contributed by atoms with Crippen LogP contribution < -0.4 is 19.1 Å². The van der Waals surface area contributed by atoms with E-state index in [-0.39, 0.29) is 35.6 Å². The maximum absolute atomic E-state index is 14.7. The molecule has 9 nitrogen and oxygen atoms in total. The first-order valence-corrected chi connectivity index (χ1v) is 17.4. The highest BCUT2D eigenvalue weighted by atomic mass is 32.2. The fourth-order valence-electron chi connectivity index (χ4n) is 5.50. The van der Waals surface area contributed by atoms with Gasteiger partial charge in [-0.25, -0.2) is 8.42 Å². The Kier molecular flexibility index (Phi) is 12.2. The molecule has 0 spiro atoms. The van der Waals surface area contributed by atoms with Crippen molar-refractivity contribution in [3.8, 4) is 11.5 Å². The molecule has 0 saturated carbocycles. The summed E-state index contributed by atoms with van der Waals surface area (Å²) in [7, 11) is -1.43. The molecular formula is C38H45N3O6S. The Morgan fingerprint density at radius 1 is 0.792 bits per heavy atom. The SMILES string of the molecule is CC[C@H](C)NC(=O)[C@@H](Cc1ccccc1)N(Cc1ccccc1)C(=O)CN(c1cc(C)cc(C)c1)S(=O)(=O)c1ccc(OC)c(OC)c1. The lowest BCUT2D eigenvalue weighted by Gasteiger charge is -2.34. The fourth-order valence-corrected chi connectivity index (χ4v) is 6.92. The van der Waals surface area contributed by atoms with E-state index in [9.17, 15) is 18.0 Å². The number of nitrogens with zero attached hydrogens (tertiary/aromatic N) is 2. The number of ether oxygens (including phenoxy) is 2. The summed E-state index contributed by atoms with van der Waals surface area (Å²) in [6, 6.07) is 27.6. The van der Waals surface area contributed by atoms with Crippen molar-refractivity contribution in [2.75, 3.05) is 25.1 Å². The Hall–Kier alpha value is -4.83. The second-order valence-electron chi connectivity index (χ2n) is 11.9. The zero-order chi connectivity index (χ0) is 34.8. The topological polar surface area (TPSA) is 105 Å². The Morgan fingerprint density at radius 3 is 1.94 bits per heavy atom. The van der Waals surface area contributed by atoms with Gasteiger partial charge in [0.2, 0.25) is 11.8 Å². The average molecular weight is 672 g/mol. The zero-order valence-corrected chi connectivity index (χ0v) is 29.3. The lowest BCUT2D eigenvalue weighted by atomic mass is 10.0. The molecule has 1 N–H and O–H groups in total. The third kappa shape index (κ3) is 8.95. The molecule has 0 aliphatic heterocycles. The van der Waals surface area contributed by atoms with Gasteiger partial charge in [-0.05, 0) is 73.7 Å². The van der Waals surface area contributed by atoms with Gasteiger partial charge in [-0.3, -0.25) is 13.9 Å². The number of hydrogen-bond donors (Lipinski definition) is 1. The summed E-state index contributed by atoms with van der Waals surface area (Å²) in [5.74, 6) is -0.225. The maximum Gasteiger partial charge on any atom is 0.264 e. The Bertz CT molecular complexity index is 1780. The molecule has 254 valence electrons. The van der Waals surface area contributed by atoms with Gasteiger partial charge < -0.3 is 19.7 Å². The first kappa shape index (κ1) is 36.0. The summed E-state index contributed by atoms with van der Waals surface area (Å²) < 4.78 is 40.9. The Balaban J connectivity index is 1.84. The third-order valence-corrected chi connectivity index (χ3v) is 9.95. The van der Waals surface area contributed by atoms with Gasteiger partial charge in [0, 0.05) is 25.1 Å². The molecule has 10 heteroatoms. The van der Waals surface area contributed by atoms with Crippen LogP contribution in [0.2, 0.25) is 0 Å². The molecule has 4 rings (SSSR count). The highest BCUT2D eigenvalue weighted by Crippen LogP contribution is 2.33. The zero-order valence-electron chi connectivity index (χ0n) is 28.5. The van der Waals surface area contributed by atoms with Crippen LogP contribution in [0.5, 0.6) is 11.5 Å². The number of anilines is 1. The van der Waals surface area contributed by atoms with Gasteiger partial charge in [-0.2, -0.15) is 0 Å². The van der Waals surface area contributed by atoms with Gasteiger partial charge in [-0.1, -0.05) is 73.7 Å². The van der Waals surface area contributed by atoms with Crippen molar-refractivity contribution in [2.45, 2.75) is 64.1 Å². The van der Waals surface area contributed by atoms with Crippen LogP contribution in [0.25, 0.3) is 0 Å². The standard InChI is InChI=1S/C38H45N3O6S/c1-7-29(4)39-38(43)34(23-30-14-10-8-11-15-30)40(25-31-16-12-9-13-17-31)37(42)26-41(32-21-27(2)20-28(3)22-32)48(44,45)33-18-19-35(46-5)36(24-33)47-6/h8-22,24,29,34H,7,23,25-26H2,1-6H3,(H,39,43)/t29-,34+/m0/s1. The van der Waals surface area contributed by atoms with Crippen LogP contribution in [-0.4, -0.2) is 58.0 Å². The molecule has 0 saturated heterocycles. The molecule has 0 heterocycles. The van der Waals surface area contributed by atoms with Crippen LogP contribution in [0.15, 0.2) is 102 Å². The van der Waals surface area contributed by atoms with Crippen molar-refractivity contribution in [1.82, 2.24) is 10.2 Å². The number of carbonyl (C=O) groups is 2. The predicted molar refractivity (Wildman–Crippen MR) is 189 cm³/mol. The minimum absolute atomic E-state index is 0.0722. The molecule has 0 bridgehead atoms. The number of hydrogen-bond acceptors (Lipinski definition) is 6. The molecule has 48 heavy (non-hydrogen) atoms. The van der Waals surface area contributed by atoms with Crippen LogP contribution >= 0.6 is 0 Å². The van der Waals surface area contributed by atoms with Crippen molar-refractivity contribution in [1.29, 1.82) is 0 Å². The van der Waals surface area contributed by atoms with Gasteiger partial charge >= 0.3 is 0 Å². The van der Waals surface area contributed by atoms with Crippen LogP contribution in [0, 0.1) is 13.8 Å². The Morgan fingerprint density at radius 2 is 1.38 bits per heavy atom. The third-order valence-electron chi connectivity index (χ3n) is 8.18. The highest BCUT2D eigenvalue weighted by Gasteiger charge is 2.35. The molecule has 0 radical (unpaired) electrons. The van der Waals surface area contributed by atoms with E-state index >= 15 is 0 Å². The fraction of sp³-hybridized carbons (Fsp3) is 0.316. The lowest BCUT2D eigenvalue weighted by Crippen LogP contribution is -2.54. The highest BCUT2D eigenvalue weighted by molar-refractivity contribution is 7.92. The van der Waals surface area contributed by atoms with Crippen molar-refractivity contribution in [2.24, 2.45) is 0 Å². The molecule has 0 aromatic heterocycles. The summed E-state index contributed by atoms with van der Waals surface area (Å²) in [5, 5.41) is 3.06. The van der Waals surface area contributed by atoms with E-state index in [0.717, 1.165) is 26.6 Å². The second kappa shape index (κ2) is 16.3. The smallest absolute Gasteiger partial charge is 0.264 e. The van der Waals surface area contributed by atoms with E-state index in [1.807, 2.05) is 94.4 Å². The van der Waals surface area contributed by atoms with E-state index in [1.54, 1.807) is 12.1 Å². The number of carbonyl (C=O) groups excluding carboxylic acids is 2. The number of benzene rings is 4. The lowest BCUT2D eigenvalue weighted by molar-refractivity contribution is -0.140. The van der Waals surface area contributed by atoms with Crippen LogP contribution in [0.4, 0.5) is 5.69 Å². The van der Waals surface area contributed by atoms with Crippen LogP contribution in [0.3, 0.4) is 0 Å². The number of nitrogens with one attached hydrogen (secondary N) is 1. The normalized spacial score (nSPS) is 12.5. The Labute approximate surface area is 284 Å². The number of methoxy groups -OCH3 is 2. The van der Waals surface area contributed by atoms with E-state index in [4.69, 9.17) is 9.47 Å². The summed E-state index contributed by atoms with van der Waals surface area (Å²) in [4.78, 5) is 30.1. The molecular weight excluding hydrogens is 627 g/mol. The summed E-state index contributed by atoms with van der Waals surface area (Å²) in [6.45, 7) is 7.19. The van der Waals surface area contributed by atoms with Gasteiger partial charge in [0.1, 0.15) is 12.6 Å². The van der Waals surface area contributed by atoms with Crippen molar-refractivity contribution >= 4 is 27.5 Å². The first-order chi connectivity index (χ1) is 23.0. The quantitative estimate of drug-likeness (QED) is 0.165. The molecule has 0 fully saturated rings. The summed E-state index contributed by atoms with van der Waals surface area (Å²) in [6.07, 6.45) is 0.953. The van der Waals surface area contributed by atoms with E-state index in [0.29, 0.717) is 17.9 Å².